The molecule has 1 saturated heterocycles. The predicted molar refractivity (Wildman–Crippen MR) is 64.9 cm³/mol. The number of carbonyl (C=O) groups is 1. The molecule has 1 atom stereocenters. The van der Waals surface area contributed by atoms with Crippen LogP contribution in [-0.2, 0) is 4.74 Å². The van der Waals surface area contributed by atoms with Crippen molar-refractivity contribution in [2.24, 2.45) is 5.41 Å². The second-order valence-corrected chi connectivity index (χ2v) is 5.69. The van der Waals surface area contributed by atoms with E-state index in [0.29, 0.717) is 5.41 Å². The van der Waals surface area contributed by atoms with Crippen LogP contribution in [0.25, 0.3) is 0 Å². The number of nitrogens with one attached hydrogen (secondary N) is 2. The molecule has 2 fully saturated rings. The Morgan fingerprint density at radius 3 is 2.56 bits per heavy atom. The number of carbonyl (C=O) groups excluding carboxylic acids is 1. The Morgan fingerprint density at radius 2 is 2.06 bits per heavy atom. The number of ether oxygens (including phenoxy) is 1. The van der Waals surface area contributed by atoms with Gasteiger partial charge in [-0.15, -0.1) is 12.4 Å². The van der Waals surface area contributed by atoms with Crippen LogP contribution in [-0.4, -0.2) is 30.8 Å². The van der Waals surface area contributed by atoms with Gasteiger partial charge in [-0.05, 0) is 33.6 Å². The lowest BCUT2D eigenvalue weighted by Gasteiger charge is -2.23. The Hall–Kier alpha value is -0.480. The summed E-state index contributed by atoms with van der Waals surface area (Å²) in [5.41, 5.74) is -0.0657. The lowest BCUT2D eigenvalue weighted by molar-refractivity contribution is 0.0493. The van der Waals surface area contributed by atoms with E-state index in [9.17, 15) is 4.79 Å². The molecule has 1 amide bonds. The third kappa shape index (κ3) is 3.01. The largest absolute Gasteiger partial charge is 0.444 e. The Morgan fingerprint density at radius 1 is 1.44 bits per heavy atom. The molecule has 0 radical (unpaired) electrons. The summed E-state index contributed by atoms with van der Waals surface area (Å²) in [5.74, 6) is 0. The fourth-order valence-corrected chi connectivity index (χ4v) is 2.14. The third-order valence-electron chi connectivity index (χ3n) is 3.15. The van der Waals surface area contributed by atoms with E-state index in [1.54, 1.807) is 0 Å². The smallest absolute Gasteiger partial charge is 0.407 e. The van der Waals surface area contributed by atoms with Crippen molar-refractivity contribution < 1.29 is 9.53 Å². The molecule has 16 heavy (non-hydrogen) atoms. The Bertz CT molecular complexity index is 272. The van der Waals surface area contributed by atoms with Crippen molar-refractivity contribution in [1.29, 1.82) is 0 Å². The van der Waals surface area contributed by atoms with Crippen molar-refractivity contribution in [2.75, 3.05) is 13.1 Å². The van der Waals surface area contributed by atoms with Gasteiger partial charge in [0.05, 0.1) is 6.04 Å². The van der Waals surface area contributed by atoms with Crippen molar-refractivity contribution in [3.63, 3.8) is 0 Å². The minimum atomic E-state index is -0.410. The second kappa shape index (κ2) is 4.41. The van der Waals surface area contributed by atoms with Gasteiger partial charge in [0.1, 0.15) is 5.60 Å². The first-order chi connectivity index (χ1) is 6.91. The zero-order valence-electron chi connectivity index (χ0n) is 10.1. The predicted octanol–water partition coefficient (Wildman–Crippen LogP) is 1.68. The lowest BCUT2D eigenvalue weighted by atomic mass is 10.0. The van der Waals surface area contributed by atoms with Crippen molar-refractivity contribution in [3.05, 3.63) is 0 Å². The van der Waals surface area contributed by atoms with Crippen LogP contribution < -0.4 is 10.6 Å². The molecule has 1 heterocycles. The topological polar surface area (TPSA) is 50.4 Å². The molecule has 5 heteroatoms. The van der Waals surface area contributed by atoms with Gasteiger partial charge in [0.2, 0.25) is 0 Å². The number of alkyl carbamates (subject to hydrolysis) is 1. The fraction of sp³-hybridized carbons (Fsp3) is 0.909. The van der Waals surface area contributed by atoms with E-state index in [-0.39, 0.29) is 24.5 Å². The number of rotatable bonds is 1. The Balaban J connectivity index is 0.00000128. The molecule has 0 bridgehead atoms. The number of halogens is 1. The van der Waals surface area contributed by atoms with Crippen LogP contribution in [0.15, 0.2) is 0 Å². The van der Waals surface area contributed by atoms with Gasteiger partial charge in [-0.2, -0.15) is 0 Å². The summed E-state index contributed by atoms with van der Waals surface area (Å²) in [4.78, 5) is 11.6. The van der Waals surface area contributed by atoms with Crippen LogP contribution in [0, 0.1) is 5.41 Å². The summed E-state index contributed by atoms with van der Waals surface area (Å²) in [6, 6.07) is 0.257. The zero-order valence-corrected chi connectivity index (χ0v) is 10.9. The second-order valence-electron chi connectivity index (χ2n) is 5.69. The molecule has 0 aromatic carbocycles. The van der Waals surface area contributed by atoms with E-state index in [2.05, 4.69) is 10.6 Å². The highest BCUT2D eigenvalue weighted by Crippen LogP contribution is 2.50. The Labute approximate surface area is 103 Å². The standard InChI is InChI=1S/C11H20N2O2.ClH/c1-10(2,3)15-9(14)13-8-6-12-7-11(8)4-5-11;/h8,12H,4-7H2,1-3H3,(H,13,14);1H/t8-;/m0./s1. The van der Waals surface area contributed by atoms with Gasteiger partial charge in [0, 0.05) is 18.5 Å². The molecule has 1 saturated carbocycles. The molecule has 1 aliphatic heterocycles. The van der Waals surface area contributed by atoms with Gasteiger partial charge in [0.25, 0.3) is 0 Å². The SMILES string of the molecule is CC(C)(C)OC(=O)N[C@H]1CNCC12CC2.Cl. The molecule has 0 aromatic rings. The summed E-state index contributed by atoms with van der Waals surface area (Å²) < 4.78 is 5.24. The molecule has 0 aromatic heterocycles. The molecular weight excluding hydrogens is 228 g/mol. The molecule has 1 spiro atoms. The van der Waals surface area contributed by atoms with Crippen molar-refractivity contribution in [1.82, 2.24) is 10.6 Å². The van der Waals surface area contributed by atoms with Crippen LogP contribution >= 0.6 is 12.4 Å². The van der Waals surface area contributed by atoms with E-state index in [1.165, 1.54) is 12.8 Å². The zero-order chi connectivity index (χ0) is 11.1. The van der Waals surface area contributed by atoms with Crippen LogP contribution in [0.5, 0.6) is 0 Å². The molecule has 2 aliphatic rings. The van der Waals surface area contributed by atoms with E-state index >= 15 is 0 Å². The summed E-state index contributed by atoms with van der Waals surface area (Å²) >= 11 is 0. The highest BCUT2D eigenvalue weighted by Gasteiger charge is 2.52. The minimum Gasteiger partial charge on any atom is -0.444 e. The molecule has 2 N–H and O–H groups in total. The van der Waals surface area contributed by atoms with Crippen LogP contribution in [0.3, 0.4) is 0 Å². The average molecular weight is 249 g/mol. The van der Waals surface area contributed by atoms with Gasteiger partial charge < -0.3 is 15.4 Å². The maximum Gasteiger partial charge on any atom is 0.407 e. The first-order valence-electron chi connectivity index (χ1n) is 5.62. The fourth-order valence-electron chi connectivity index (χ4n) is 2.14. The average Bonchev–Trinajstić information content (AvgIpc) is 2.70. The lowest BCUT2D eigenvalue weighted by Crippen LogP contribution is -2.43. The van der Waals surface area contributed by atoms with Crippen LogP contribution in [0.2, 0.25) is 0 Å². The summed E-state index contributed by atoms with van der Waals surface area (Å²) in [5, 5.41) is 6.29. The first kappa shape index (κ1) is 13.6. The van der Waals surface area contributed by atoms with Gasteiger partial charge in [-0.1, -0.05) is 0 Å². The minimum absolute atomic E-state index is 0. The maximum atomic E-state index is 11.6. The van der Waals surface area contributed by atoms with Gasteiger partial charge >= 0.3 is 6.09 Å². The van der Waals surface area contributed by atoms with E-state index in [1.807, 2.05) is 20.8 Å². The number of amides is 1. The van der Waals surface area contributed by atoms with Crippen molar-refractivity contribution in [2.45, 2.75) is 45.3 Å². The molecule has 2 rings (SSSR count). The van der Waals surface area contributed by atoms with Gasteiger partial charge in [0.15, 0.2) is 0 Å². The molecule has 0 unspecified atom stereocenters. The molecule has 4 nitrogen and oxygen atoms in total. The normalized spacial score (nSPS) is 26.1. The van der Waals surface area contributed by atoms with Crippen molar-refractivity contribution in [3.8, 4) is 0 Å². The van der Waals surface area contributed by atoms with Gasteiger partial charge in [-0.3, -0.25) is 0 Å². The monoisotopic (exact) mass is 248 g/mol. The van der Waals surface area contributed by atoms with E-state index in [0.717, 1.165) is 13.1 Å². The maximum absolute atomic E-state index is 11.6. The number of hydrogen-bond donors (Lipinski definition) is 2. The summed E-state index contributed by atoms with van der Waals surface area (Å²) in [6.45, 7) is 7.55. The Kier molecular flexibility index (Phi) is 3.75. The highest BCUT2D eigenvalue weighted by molar-refractivity contribution is 5.85. The third-order valence-corrected chi connectivity index (χ3v) is 3.15. The van der Waals surface area contributed by atoms with Crippen LogP contribution in [0.4, 0.5) is 4.79 Å². The summed E-state index contributed by atoms with van der Waals surface area (Å²) in [7, 11) is 0. The molecule has 1 aliphatic carbocycles. The van der Waals surface area contributed by atoms with Crippen LogP contribution in [0.1, 0.15) is 33.6 Å². The van der Waals surface area contributed by atoms with E-state index in [4.69, 9.17) is 4.74 Å². The highest BCUT2D eigenvalue weighted by atomic mass is 35.5. The number of hydrogen-bond acceptors (Lipinski definition) is 3. The van der Waals surface area contributed by atoms with Crippen molar-refractivity contribution >= 4 is 18.5 Å². The van der Waals surface area contributed by atoms with Gasteiger partial charge in [-0.25, -0.2) is 4.79 Å². The van der Waals surface area contributed by atoms with E-state index < -0.39 is 5.60 Å². The first-order valence-corrected chi connectivity index (χ1v) is 5.62. The summed E-state index contributed by atoms with van der Waals surface area (Å²) in [6.07, 6.45) is 2.16. The molecule has 94 valence electrons. The quantitative estimate of drug-likeness (QED) is 0.743. The molecular formula is C11H21ClN2O2.